The minimum absolute atomic E-state index is 0.108. The van der Waals surface area contributed by atoms with Crippen molar-refractivity contribution in [2.24, 2.45) is 0 Å². The van der Waals surface area contributed by atoms with Crippen LogP contribution >= 0.6 is 11.8 Å². The average Bonchev–Trinajstić information content (AvgIpc) is 2.67. The molecule has 1 amide bonds. The number of methoxy groups -OCH3 is 1. The quantitative estimate of drug-likeness (QED) is 0.835. The van der Waals surface area contributed by atoms with Gasteiger partial charge in [0.2, 0.25) is 5.91 Å². The highest BCUT2D eigenvalue weighted by Crippen LogP contribution is 2.24. The molecule has 1 atom stereocenters. The first-order chi connectivity index (χ1) is 12.2. The Balaban J connectivity index is 1.52. The zero-order valence-electron chi connectivity index (χ0n) is 14.5. The van der Waals surface area contributed by atoms with Gasteiger partial charge in [0, 0.05) is 37.1 Å². The van der Waals surface area contributed by atoms with E-state index in [-0.39, 0.29) is 5.91 Å². The second-order valence-corrected chi connectivity index (χ2v) is 7.29. The SMILES string of the molecule is COc1cccc(-c2ccc(CNC(=O)CC3CSCCN3)cc2)c1. The Morgan fingerprint density at radius 3 is 2.80 bits per heavy atom. The van der Waals surface area contributed by atoms with Crippen LogP contribution in [0.15, 0.2) is 48.5 Å². The van der Waals surface area contributed by atoms with Crippen molar-refractivity contribution in [3.63, 3.8) is 0 Å². The van der Waals surface area contributed by atoms with E-state index in [9.17, 15) is 4.79 Å². The van der Waals surface area contributed by atoms with Gasteiger partial charge < -0.3 is 15.4 Å². The first-order valence-corrected chi connectivity index (χ1v) is 9.71. The third kappa shape index (κ3) is 5.25. The molecular formula is C20H24N2O2S. The molecule has 25 heavy (non-hydrogen) atoms. The highest BCUT2D eigenvalue weighted by Gasteiger charge is 2.16. The topological polar surface area (TPSA) is 50.4 Å². The number of amides is 1. The van der Waals surface area contributed by atoms with Gasteiger partial charge in [-0.1, -0.05) is 36.4 Å². The molecule has 0 saturated carbocycles. The summed E-state index contributed by atoms with van der Waals surface area (Å²) in [4.78, 5) is 12.1. The standard InChI is InChI=1S/C20H24N2O2S/c1-24-19-4-2-3-17(11-19)16-7-5-15(6-8-16)13-22-20(23)12-18-14-25-10-9-21-18/h2-8,11,18,21H,9-10,12-14H2,1H3,(H,22,23). The molecule has 0 bridgehead atoms. The molecule has 132 valence electrons. The van der Waals surface area contributed by atoms with E-state index in [0.29, 0.717) is 19.0 Å². The van der Waals surface area contributed by atoms with Crippen LogP contribution in [0.1, 0.15) is 12.0 Å². The van der Waals surface area contributed by atoms with Crippen LogP contribution in [-0.4, -0.2) is 37.1 Å². The molecule has 1 unspecified atom stereocenters. The zero-order valence-corrected chi connectivity index (χ0v) is 15.3. The first-order valence-electron chi connectivity index (χ1n) is 8.56. The molecule has 1 aliphatic rings. The molecule has 2 aromatic rings. The number of benzene rings is 2. The van der Waals surface area contributed by atoms with Gasteiger partial charge in [0.05, 0.1) is 7.11 Å². The molecule has 5 heteroatoms. The van der Waals surface area contributed by atoms with Gasteiger partial charge in [-0.25, -0.2) is 0 Å². The van der Waals surface area contributed by atoms with Gasteiger partial charge in [0.1, 0.15) is 5.75 Å². The Morgan fingerprint density at radius 2 is 2.08 bits per heavy atom. The van der Waals surface area contributed by atoms with Crippen LogP contribution in [0, 0.1) is 0 Å². The maximum Gasteiger partial charge on any atom is 0.221 e. The summed E-state index contributed by atoms with van der Waals surface area (Å²) in [5.41, 5.74) is 3.36. The summed E-state index contributed by atoms with van der Waals surface area (Å²) in [6.07, 6.45) is 0.550. The van der Waals surface area contributed by atoms with Gasteiger partial charge in [-0.2, -0.15) is 11.8 Å². The van der Waals surface area contributed by atoms with Crippen LogP contribution in [0.5, 0.6) is 5.75 Å². The lowest BCUT2D eigenvalue weighted by atomic mass is 10.0. The number of hydrogen-bond acceptors (Lipinski definition) is 4. The van der Waals surface area contributed by atoms with Crippen molar-refractivity contribution in [2.45, 2.75) is 19.0 Å². The second-order valence-electron chi connectivity index (χ2n) is 6.14. The fraction of sp³-hybridized carbons (Fsp3) is 0.350. The van der Waals surface area contributed by atoms with Gasteiger partial charge >= 0.3 is 0 Å². The van der Waals surface area contributed by atoms with Crippen molar-refractivity contribution < 1.29 is 9.53 Å². The summed E-state index contributed by atoms with van der Waals surface area (Å²) in [6, 6.07) is 16.6. The third-order valence-electron chi connectivity index (χ3n) is 4.28. The Morgan fingerprint density at radius 1 is 1.24 bits per heavy atom. The van der Waals surface area contributed by atoms with Crippen LogP contribution in [0.2, 0.25) is 0 Å². The fourth-order valence-corrected chi connectivity index (χ4v) is 3.81. The highest BCUT2D eigenvalue weighted by molar-refractivity contribution is 7.99. The molecule has 1 heterocycles. The van der Waals surface area contributed by atoms with E-state index < -0.39 is 0 Å². The van der Waals surface area contributed by atoms with Crippen molar-refractivity contribution >= 4 is 17.7 Å². The molecule has 0 radical (unpaired) electrons. The molecule has 0 aromatic heterocycles. The van der Waals surface area contributed by atoms with E-state index in [1.807, 2.05) is 30.0 Å². The molecule has 2 N–H and O–H groups in total. The van der Waals surface area contributed by atoms with E-state index in [2.05, 4.69) is 41.0 Å². The lowest BCUT2D eigenvalue weighted by Gasteiger charge is -2.22. The van der Waals surface area contributed by atoms with Gasteiger partial charge in [0.15, 0.2) is 0 Å². The van der Waals surface area contributed by atoms with Crippen LogP contribution in [0.25, 0.3) is 11.1 Å². The largest absolute Gasteiger partial charge is 0.497 e. The summed E-state index contributed by atoms with van der Waals surface area (Å²) < 4.78 is 5.27. The minimum Gasteiger partial charge on any atom is -0.497 e. The monoisotopic (exact) mass is 356 g/mol. The molecule has 1 saturated heterocycles. The lowest BCUT2D eigenvalue weighted by molar-refractivity contribution is -0.121. The summed E-state index contributed by atoms with van der Waals surface area (Å²) >= 11 is 1.91. The molecule has 1 aliphatic heterocycles. The van der Waals surface area contributed by atoms with Crippen LogP contribution < -0.4 is 15.4 Å². The highest BCUT2D eigenvalue weighted by atomic mass is 32.2. The smallest absolute Gasteiger partial charge is 0.221 e. The number of hydrogen-bond donors (Lipinski definition) is 2. The number of carbonyl (C=O) groups is 1. The van der Waals surface area contributed by atoms with Gasteiger partial charge in [-0.15, -0.1) is 0 Å². The molecule has 2 aromatic carbocycles. The Labute approximate surface area is 153 Å². The van der Waals surface area contributed by atoms with E-state index in [1.165, 1.54) is 0 Å². The normalized spacial score (nSPS) is 17.1. The summed E-state index contributed by atoms with van der Waals surface area (Å²) in [5.74, 6) is 3.11. The first kappa shape index (κ1) is 17.8. The molecule has 0 spiro atoms. The third-order valence-corrected chi connectivity index (χ3v) is 5.41. The number of carbonyl (C=O) groups excluding carboxylic acids is 1. The van der Waals surface area contributed by atoms with Gasteiger partial charge in [-0.3, -0.25) is 4.79 Å². The molecule has 3 rings (SSSR count). The predicted molar refractivity (Wildman–Crippen MR) is 104 cm³/mol. The molecule has 0 aliphatic carbocycles. The fourth-order valence-electron chi connectivity index (χ4n) is 2.87. The summed E-state index contributed by atoms with van der Waals surface area (Å²) in [7, 11) is 1.67. The zero-order chi connectivity index (χ0) is 17.5. The maximum atomic E-state index is 12.1. The maximum absolute atomic E-state index is 12.1. The van der Waals surface area contributed by atoms with Crippen LogP contribution in [0.4, 0.5) is 0 Å². The predicted octanol–water partition coefficient (Wildman–Crippen LogP) is 3.07. The number of nitrogens with one attached hydrogen (secondary N) is 2. The summed E-state index contributed by atoms with van der Waals surface area (Å²) in [5, 5.41) is 6.41. The Hall–Kier alpha value is -1.98. The van der Waals surface area contributed by atoms with Crippen molar-refractivity contribution in [3.8, 4) is 16.9 Å². The molecule has 1 fully saturated rings. The van der Waals surface area contributed by atoms with Crippen LogP contribution in [0.3, 0.4) is 0 Å². The van der Waals surface area contributed by atoms with E-state index in [1.54, 1.807) is 7.11 Å². The Kier molecular flexibility index (Phi) is 6.36. The lowest BCUT2D eigenvalue weighted by Crippen LogP contribution is -2.41. The average molecular weight is 356 g/mol. The van der Waals surface area contributed by atoms with E-state index >= 15 is 0 Å². The summed E-state index contributed by atoms with van der Waals surface area (Å²) in [6.45, 7) is 1.56. The van der Waals surface area contributed by atoms with Crippen molar-refractivity contribution in [1.82, 2.24) is 10.6 Å². The van der Waals surface area contributed by atoms with Gasteiger partial charge in [-0.05, 0) is 28.8 Å². The molecule has 4 nitrogen and oxygen atoms in total. The van der Waals surface area contributed by atoms with E-state index in [0.717, 1.165) is 40.5 Å². The number of ether oxygens (including phenoxy) is 1. The molecular weight excluding hydrogens is 332 g/mol. The second kappa shape index (κ2) is 8.92. The Bertz CT molecular complexity index is 697. The minimum atomic E-state index is 0.108. The number of rotatable bonds is 6. The van der Waals surface area contributed by atoms with Crippen molar-refractivity contribution in [2.75, 3.05) is 25.2 Å². The van der Waals surface area contributed by atoms with Crippen molar-refractivity contribution in [3.05, 3.63) is 54.1 Å². The van der Waals surface area contributed by atoms with E-state index in [4.69, 9.17) is 4.74 Å². The van der Waals surface area contributed by atoms with Crippen LogP contribution in [-0.2, 0) is 11.3 Å². The number of thioether (sulfide) groups is 1. The van der Waals surface area contributed by atoms with Gasteiger partial charge in [0.25, 0.3) is 0 Å². The van der Waals surface area contributed by atoms with Crippen molar-refractivity contribution in [1.29, 1.82) is 0 Å².